The lowest BCUT2D eigenvalue weighted by molar-refractivity contribution is -0.148. The zero-order chi connectivity index (χ0) is 13.6. The van der Waals surface area contributed by atoms with Gasteiger partial charge in [0.05, 0.1) is 6.54 Å². The van der Waals surface area contributed by atoms with E-state index in [1.807, 2.05) is 0 Å². The average molecular weight is 282 g/mol. The molecule has 19 heavy (non-hydrogen) atoms. The Morgan fingerprint density at radius 2 is 2.42 bits per heavy atom. The largest absolute Gasteiger partial charge is 0.477 e. The number of rotatable bonds is 2. The number of carbonyl (C=O) groups excluding carboxylic acids is 1. The molecule has 3 rings (SSSR count). The molecule has 3 heterocycles. The van der Waals surface area contributed by atoms with E-state index in [4.69, 9.17) is 0 Å². The van der Waals surface area contributed by atoms with E-state index in [2.05, 4.69) is 15.6 Å². The van der Waals surface area contributed by atoms with E-state index in [1.54, 1.807) is 18.7 Å². The van der Waals surface area contributed by atoms with Crippen LogP contribution in [0, 0.1) is 0 Å². The van der Waals surface area contributed by atoms with Crippen LogP contribution in [-0.4, -0.2) is 58.1 Å². The number of carboxylic acids is 1. The number of nitrogens with zero attached hydrogens (tertiary/aromatic N) is 2. The summed E-state index contributed by atoms with van der Waals surface area (Å²) in [7, 11) is 0. The molecule has 1 amide bonds. The molecule has 2 atom stereocenters. The van der Waals surface area contributed by atoms with Crippen LogP contribution in [0.15, 0.2) is 16.3 Å². The Kier molecular flexibility index (Phi) is 2.89. The molecule has 0 aromatic heterocycles. The Bertz CT molecular complexity index is 516. The van der Waals surface area contributed by atoms with Crippen molar-refractivity contribution in [2.24, 2.45) is 4.99 Å². The zero-order valence-electron chi connectivity index (χ0n) is 10.3. The highest BCUT2D eigenvalue weighted by molar-refractivity contribution is 8.00. The van der Waals surface area contributed by atoms with Gasteiger partial charge in [0.1, 0.15) is 17.1 Å². The number of carbonyl (C=O) groups is 2. The molecule has 0 aromatic rings. The van der Waals surface area contributed by atoms with Gasteiger partial charge in [-0.3, -0.25) is 14.7 Å². The van der Waals surface area contributed by atoms with E-state index >= 15 is 0 Å². The maximum absolute atomic E-state index is 12.1. The summed E-state index contributed by atoms with van der Waals surface area (Å²) < 4.78 is 0. The first kappa shape index (κ1) is 12.3. The second-order valence-corrected chi connectivity index (χ2v) is 5.73. The molecule has 0 aliphatic carbocycles. The molecule has 0 bridgehead atoms. The van der Waals surface area contributed by atoms with Gasteiger partial charge in [0.15, 0.2) is 5.96 Å². The highest BCUT2D eigenvalue weighted by Crippen LogP contribution is 2.40. The lowest BCUT2D eigenvalue weighted by Gasteiger charge is -2.49. The van der Waals surface area contributed by atoms with Gasteiger partial charge in [-0.1, -0.05) is 0 Å². The summed E-state index contributed by atoms with van der Waals surface area (Å²) in [5, 5.41) is 15.1. The van der Waals surface area contributed by atoms with Crippen LogP contribution in [0.1, 0.15) is 6.92 Å². The Morgan fingerprint density at radius 3 is 3.05 bits per heavy atom. The summed E-state index contributed by atoms with van der Waals surface area (Å²) in [6, 6.07) is -0.392. The first-order valence-electron chi connectivity index (χ1n) is 6.02. The van der Waals surface area contributed by atoms with Crippen molar-refractivity contribution in [3.8, 4) is 0 Å². The first-order chi connectivity index (χ1) is 9.09. The molecule has 1 unspecified atom stereocenters. The van der Waals surface area contributed by atoms with Crippen molar-refractivity contribution in [1.82, 2.24) is 15.5 Å². The number of nitrogens with one attached hydrogen (secondary N) is 2. The molecule has 3 aliphatic heterocycles. The number of aliphatic carboxylic acids is 1. The van der Waals surface area contributed by atoms with Gasteiger partial charge in [0.2, 0.25) is 0 Å². The van der Waals surface area contributed by atoms with Crippen molar-refractivity contribution in [2.75, 3.05) is 18.8 Å². The Hall–Kier alpha value is -1.70. The van der Waals surface area contributed by atoms with Crippen molar-refractivity contribution in [3.05, 3.63) is 11.3 Å². The molecule has 8 heteroatoms. The van der Waals surface area contributed by atoms with E-state index < -0.39 is 12.0 Å². The van der Waals surface area contributed by atoms with Crippen LogP contribution in [-0.2, 0) is 9.59 Å². The molecular weight excluding hydrogens is 268 g/mol. The van der Waals surface area contributed by atoms with Gasteiger partial charge in [-0.05, 0) is 12.5 Å². The van der Waals surface area contributed by atoms with Crippen molar-refractivity contribution in [1.29, 1.82) is 0 Å². The zero-order valence-corrected chi connectivity index (χ0v) is 11.2. The number of fused-ring (bicyclic) bond motifs is 1. The lowest BCUT2D eigenvalue weighted by Crippen LogP contribution is -2.71. The summed E-state index contributed by atoms with van der Waals surface area (Å²) in [6.45, 7) is 3.22. The van der Waals surface area contributed by atoms with Crippen LogP contribution in [0.5, 0.6) is 0 Å². The molecule has 102 valence electrons. The van der Waals surface area contributed by atoms with E-state index in [0.717, 1.165) is 12.1 Å². The Labute approximate surface area is 114 Å². The third-order valence-electron chi connectivity index (χ3n) is 3.33. The lowest BCUT2D eigenvalue weighted by atomic mass is 10.0. The van der Waals surface area contributed by atoms with Gasteiger partial charge in [0, 0.05) is 12.3 Å². The molecular formula is C11H14N4O3S. The van der Waals surface area contributed by atoms with Crippen molar-refractivity contribution < 1.29 is 14.7 Å². The van der Waals surface area contributed by atoms with Gasteiger partial charge in [0.25, 0.3) is 5.91 Å². The van der Waals surface area contributed by atoms with Crippen LogP contribution < -0.4 is 10.6 Å². The van der Waals surface area contributed by atoms with E-state index in [0.29, 0.717) is 18.3 Å². The number of guanidine groups is 1. The van der Waals surface area contributed by atoms with Gasteiger partial charge in [-0.25, -0.2) is 4.79 Å². The molecule has 0 spiro atoms. The summed E-state index contributed by atoms with van der Waals surface area (Å²) in [6.07, 6.45) is 0. The van der Waals surface area contributed by atoms with Crippen LogP contribution in [0.25, 0.3) is 0 Å². The summed E-state index contributed by atoms with van der Waals surface area (Å²) in [5.74, 6) is 0.0202. The van der Waals surface area contributed by atoms with Crippen molar-refractivity contribution in [2.45, 2.75) is 18.3 Å². The van der Waals surface area contributed by atoms with Gasteiger partial charge < -0.3 is 15.7 Å². The summed E-state index contributed by atoms with van der Waals surface area (Å²) in [5.41, 5.74) is 0.866. The van der Waals surface area contributed by atoms with E-state index in [1.165, 1.54) is 4.90 Å². The third-order valence-corrected chi connectivity index (χ3v) is 4.75. The maximum atomic E-state index is 12.1. The molecule has 1 saturated heterocycles. The van der Waals surface area contributed by atoms with Crippen LogP contribution in [0.4, 0.5) is 0 Å². The fraction of sp³-hybridized carbons (Fsp3) is 0.545. The number of hydrogen-bond acceptors (Lipinski definition) is 6. The molecule has 3 N–H and O–H groups in total. The monoisotopic (exact) mass is 282 g/mol. The highest BCUT2D eigenvalue weighted by atomic mass is 32.2. The number of carboxylic acid groups (broad SMARTS) is 1. The number of β-lactam (4-membered cyclic amide) rings is 1. The minimum atomic E-state index is -1.04. The molecule has 0 radical (unpaired) electrons. The predicted molar refractivity (Wildman–Crippen MR) is 70.7 cm³/mol. The van der Waals surface area contributed by atoms with E-state index in [9.17, 15) is 14.7 Å². The highest BCUT2D eigenvalue weighted by Gasteiger charge is 2.53. The van der Waals surface area contributed by atoms with E-state index in [-0.39, 0.29) is 17.0 Å². The quantitative estimate of drug-likeness (QED) is 0.573. The van der Waals surface area contributed by atoms with Gasteiger partial charge in [-0.2, -0.15) is 0 Å². The Morgan fingerprint density at radius 1 is 1.63 bits per heavy atom. The minimum Gasteiger partial charge on any atom is -0.477 e. The SMILES string of the molecule is CC1=C(C(=O)O)N2C(=O)C(NC3=NCCN3)[C@@H]2SC1. The predicted octanol–water partition coefficient (Wildman–Crippen LogP) is -0.822. The number of amides is 1. The second kappa shape index (κ2) is 4.44. The third kappa shape index (κ3) is 1.86. The number of aliphatic imine (C=N–C) groups is 1. The van der Waals surface area contributed by atoms with Crippen LogP contribution >= 0.6 is 11.8 Å². The fourth-order valence-corrected chi connectivity index (χ4v) is 3.71. The van der Waals surface area contributed by atoms with Crippen molar-refractivity contribution in [3.63, 3.8) is 0 Å². The maximum Gasteiger partial charge on any atom is 0.352 e. The Balaban J connectivity index is 1.78. The van der Waals surface area contributed by atoms with Crippen LogP contribution in [0.2, 0.25) is 0 Å². The fourth-order valence-electron chi connectivity index (χ4n) is 2.42. The average Bonchev–Trinajstić information content (AvgIpc) is 2.88. The van der Waals surface area contributed by atoms with Gasteiger partial charge >= 0.3 is 5.97 Å². The van der Waals surface area contributed by atoms with Crippen molar-refractivity contribution >= 4 is 29.6 Å². The molecule has 7 nitrogen and oxygen atoms in total. The first-order valence-corrected chi connectivity index (χ1v) is 7.07. The van der Waals surface area contributed by atoms with Crippen LogP contribution in [0.3, 0.4) is 0 Å². The summed E-state index contributed by atoms with van der Waals surface area (Å²) >= 11 is 1.58. The molecule has 0 aromatic carbocycles. The molecule has 1 fully saturated rings. The number of thioether (sulfide) groups is 1. The topological polar surface area (TPSA) is 94.0 Å². The summed E-state index contributed by atoms with van der Waals surface area (Å²) in [4.78, 5) is 28.9. The standard InChI is InChI=1S/C11H14N4O3S/c1-5-4-19-9-6(14-11-12-2-3-13-11)8(16)15(9)7(5)10(17)18/h6,9H,2-4H2,1H3,(H,17,18)(H2,12,13,14)/t6?,9-/m0/s1. The number of hydrogen-bond donors (Lipinski definition) is 3. The second-order valence-electron chi connectivity index (χ2n) is 4.62. The molecule has 3 aliphatic rings. The van der Waals surface area contributed by atoms with Gasteiger partial charge in [-0.15, -0.1) is 11.8 Å². The smallest absolute Gasteiger partial charge is 0.352 e. The normalized spacial score (nSPS) is 29.4. The molecule has 0 saturated carbocycles. The minimum absolute atomic E-state index is 0.133.